The largest absolute Gasteiger partial charge is 0.451 e. The molecule has 1 saturated heterocycles. The Labute approximate surface area is 507 Å². The lowest BCUT2D eigenvalue weighted by Crippen LogP contribution is -2.55. The first-order valence-electron chi connectivity index (χ1n) is 29.6. The Morgan fingerprint density at radius 2 is 0.686 bits per heavy atom. The van der Waals surface area contributed by atoms with E-state index in [-0.39, 0.29) is 62.2 Å². The fourth-order valence-electron chi connectivity index (χ4n) is 10.2. The molecule has 0 bridgehead atoms. The zero-order chi connectivity index (χ0) is 63.7. The molecule has 1 aliphatic rings. The molecule has 5 rings (SSSR count). The number of esters is 4. The van der Waals surface area contributed by atoms with Crippen molar-refractivity contribution in [2.24, 2.45) is 23.7 Å². The minimum Gasteiger partial charge on any atom is -0.451 e. The maximum atomic E-state index is 15.1. The van der Waals surface area contributed by atoms with E-state index < -0.39 is 96.1 Å². The van der Waals surface area contributed by atoms with Crippen molar-refractivity contribution in [3.05, 3.63) is 107 Å². The van der Waals surface area contributed by atoms with Crippen LogP contribution in [-0.2, 0) is 83.2 Å². The fourth-order valence-corrected chi connectivity index (χ4v) is 10.2. The van der Waals surface area contributed by atoms with Gasteiger partial charge in [-0.15, -0.1) is 11.8 Å². The quantitative estimate of drug-likeness (QED) is 0.0633. The number of cyclic esters (lactones) is 4. The lowest BCUT2D eigenvalue weighted by atomic mass is 9.99. The van der Waals surface area contributed by atoms with Crippen LogP contribution in [-0.4, -0.2) is 163 Å². The van der Waals surface area contributed by atoms with E-state index in [0.29, 0.717) is 24.2 Å². The van der Waals surface area contributed by atoms with Crippen LogP contribution in [0.1, 0.15) is 142 Å². The molecule has 0 radical (unpaired) electrons. The molecule has 8 atom stereocenters. The summed E-state index contributed by atoms with van der Waals surface area (Å²) >= 11 is 0. The van der Waals surface area contributed by atoms with Crippen LogP contribution in [0.25, 0.3) is 0 Å². The summed E-state index contributed by atoms with van der Waals surface area (Å²) in [6.07, 6.45) is 0.893. The van der Waals surface area contributed by atoms with Crippen LogP contribution < -0.4 is 0 Å². The highest BCUT2D eigenvalue weighted by molar-refractivity contribution is 5.94. The molecule has 4 amide bonds. The van der Waals surface area contributed by atoms with Crippen molar-refractivity contribution in [3.8, 4) is 23.7 Å². The normalized spacial score (nSPS) is 22.1. The van der Waals surface area contributed by atoms with Crippen LogP contribution in [0.5, 0.6) is 0 Å². The summed E-state index contributed by atoms with van der Waals surface area (Å²) in [4.78, 5) is 122. The molecule has 1 fully saturated rings. The molecule has 86 heavy (non-hydrogen) atoms. The highest BCUT2D eigenvalue weighted by Crippen LogP contribution is 2.25. The summed E-state index contributed by atoms with van der Waals surface area (Å²) in [5.41, 5.74) is 4.49. The number of hydrogen-bond acceptors (Lipinski definition) is 14. The summed E-state index contributed by atoms with van der Waals surface area (Å²) in [5, 5.41) is 8.79. The zero-order valence-corrected chi connectivity index (χ0v) is 53.0. The third kappa shape index (κ3) is 19.4. The second-order valence-corrected chi connectivity index (χ2v) is 24.0. The third-order valence-corrected chi connectivity index (χ3v) is 14.9. The van der Waals surface area contributed by atoms with E-state index in [0.717, 1.165) is 41.9 Å². The predicted octanol–water partition coefficient (Wildman–Crippen LogP) is 6.90. The molecule has 0 aliphatic carbocycles. The summed E-state index contributed by atoms with van der Waals surface area (Å²) in [7, 11) is 5.56. The van der Waals surface area contributed by atoms with E-state index in [9.17, 15) is 28.8 Å². The maximum Gasteiger partial charge on any atom is 0.329 e. The summed E-state index contributed by atoms with van der Waals surface area (Å²) in [6, 6.07) is 9.41. The van der Waals surface area contributed by atoms with Gasteiger partial charge in [-0.05, 0) is 99.3 Å². The highest BCUT2D eigenvalue weighted by Gasteiger charge is 2.43. The molecule has 0 spiro atoms. The highest BCUT2D eigenvalue weighted by atomic mass is 16.6. The summed E-state index contributed by atoms with van der Waals surface area (Å²) in [6.45, 7) is 21.8. The van der Waals surface area contributed by atoms with Crippen LogP contribution in [0, 0.1) is 47.4 Å². The van der Waals surface area contributed by atoms with Crippen LogP contribution in [0.15, 0.2) is 73.3 Å². The van der Waals surface area contributed by atoms with Crippen molar-refractivity contribution >= 4 is 47.5 Å². The molecule has 20 nitrogen and oxygen atoms in total. The number of ether oxygens (including phenoxy) is 4. The minimum atomic E-state index is -1.55. The number of carbonyl (C=O) groups excluding carboxylic acids is 8. The molecule has 20 heteroatoms. The number of nitrogens with zero attached hydrogens (tertiary/aromatic N) is 8. The van der Waals surface area contributed by atoms with Crippen LogP contribution in [0.4, 0.5) is 0 Å². The molecular formula is C66H88N8O12. The van der Waals surface area contributed by atoms with Gasteiger partial charge >= 0.3 is 23.9 Å². The first-order chi connectivity index (χ1) is 40.6. The van der Waals surface area contributed by atoms with Gasteiger partial charge in [0.2, 0.25) is 0 Å². The SMILES string of the molecule is CC#Cc1cnn(Cc2ccc(C[C@H]3OC(=O)[C@H](CC(C)C)N(C)C(=O)[C@@H](C)OC(=O)[C@H](CC(C)C)N(C)C(=O)[C@@H](Cc4ccc(Cn5cc(C#CC)cn5)cc4)OC(=O)[C@H](CC(C)C)N(C)C(=O)[C@@H](C)OC(=O)[C@H](CC(C)C)N(C)C3=O)cc2)c1. The molecule has 0 N–H and O–H groups in total. The number of hydrogen-bond donors (Lipinski definition) is 0. The monoisotopic (exact) mass is 1180 g/mol. The van der Waals surface area contributed by atoms with Gasteiger partial charge in [0.05, 0.1) is 36.6 Å². The number of aromatic nitrogens is 4. The minimum absolute atomic E-state index is 0.0722. The van der Waals surface area contributed by atoms with Crippen LogP contribution in [0.2, 0.25) is 0 Å². The Bertz CT molecular complexity index is 2900. The van der Waals surface area contributed by atoms with Gasteiger partial charge < -0.3 is 38.5 Å². The molecule has 2 aromatic carbocycles. The Morgan fingerprint density at radius 3 is 0.965 bits per heavy atom. The number of likely N-dealkylation sites (N-methyl/N-ethyl adjacent to an activating group) is 4. The number of benzene rings is 2. The van der Waals surface area contributed by atoms with Crippen LogP contribution >= 0.6 is 0 Å². The topological polar surface area (TPSA) is 222 Å². The molecule has 2 aromatic heterocycles. The van der Waals surface area contributed by atoms with Gasteiger partial charge in [0.25, 0.3) is 23.6 Å². The van der Waals surface area contributed by atoms with E-state index >= 15 is 9.59 Å². The van der Waals surface area contributed by atoms with E-state index in [1.54, 1.807) is 59.9 Å². The van der Waals surface area contributed by atoms with Crippen molar-refractivity contribution in [1.29, 1.82) is 0 Å². The zero-order valence-electron chi connectivity index (χ0n) is 53.0. The van der Waals surface area contributed by atoms with Gasteiger partial charge in [-0.25, -0.2) is 19.2 Å². The Morgan fingerprint density at radius 1 is 0.419 bits per heavy atom. The van der Waals surface area contributed by atoms with Crippen molar-refractivity contribution in [1.82, 2.24) is 39.2 Å². The van der Waals surface area contributed by atoms with E-state index in [1.807, 2.05) is 92.0 Å². The first-order valence-corrected chi connectivity index (χ1v) is 29.6. The van der Waals surface area contributed by atoms with Gasteiger partial charge in [0, 0.05) is 53.4 Å². The second kappa shape index (κ2) is 31.8. The predicted molar refractivity (Wildman–Crippen MR) is 323 cm³/mol. The third-order valence-electron chi connectivity index (χ3n) is 14.9. The molecule has 0 unspecified atom stereocenters. The lowest BCUT2D eigenvalue weighted by Gasteiger charge is -2.35. The maximum absolute atomic E-state index is 15.1. The van der Waals surface area contributed by atoms with E-state index in [2.05, 4.69) is 33.9 Å². The standard InChI is InChI=1S/C66H88N8O12/c1-17-19-51-35-67-73(39-51)37-49-25-21-47(22-26-49)33-57-61(77)71(15)53(29-41(3)4)63(79)83-46(12)60(76)70(14)56(32-44(9)10)66(82)86-58(34-48-23-27-50(28-24-48)38-74-40-52(20-18-2)36-68-74)62(78)72(16)54(30-42(5)6)64(80)84-45(11)59(75)69(13)55(31-43(7)8)65(81)85-57/h21-28,35-36,39-46,53-58H,29-34,37-38H2,1-16H3/t45-,46-,53+,54+,55+,56+,57-,58-/m1/s1. The molecule has 0 saturated carbocycles. The van der Waals surface area contributed by atoms with Gasteiger partial charge in [0.15, 0.2) is 24.4 Å². The summed E-state index contributed by atoms with van der Waals surface area (Å²) < 4.78 is 27.8. The van der Waals surface area contributed by atoms with Gasteiger partial charge in [0.1, 0.15) is 24.2 Å². The average molecular weight is 1190 g/mol. The fraction of sp³-hybridized carbons (Fsp3) is 0.545. The van der Waals surface area contributed by atoms with Gasteiger partial charge in [-0.1, -0.05) is 116 Å². The van der Waals surface area contributed by atoms with E-state index in [1.165, 1.54) is 42.0 Å². The average Bonchev–Trinajstić information content (AvgIpc) is 3.41. The Balaban J connectivity index is 1.58. The van der Waals surface area contributed by atoms with Gasteiger partial charge in [-0.3, -0.25) is 28.5 Å². The molecule has 464 valence electrons. The smallest absolute Gasteiger partial charge is 0.329 e. The van der Waals surface area contributed by atoms with Crippen molar-refractivity contribution < 1.29 is 57.3 Å². The molecule has 1 aliphatic heterocycles. The molecular weight excluding hydrogens is 1100 g/mol. The molecule has 3 heterocycles. The van der Waals surface area contributed by atoms with Crippen molar-refractivity contribution in [3.63, 3.8) is 0 Å². The summed E-state index contributed by atoms with van der Waals surface area (Å²) in [5.74, 6) is 4.14. The lowest BCUT2D eigenvalue weighted by molar-refractivity contribution is -0.176. The van der Waals surface area contributed by atoms with E-state index in [4.69, 9.17) is 18.9 Å². The number of amides is 4. The van der Waals surface area contributed by atoms with Crippen molar-refractivity contribution in [2.75, 3.05) is 28.2 Å². The Hall–Kier alpha value is -8.26. The van der Waals surface area contributed by atoms with Crippen molar-refractivity contribution in [2.45, 2.75) is 183 Å². The second-order valence-electron chi connectivity index (χ2n) is 24.0. The molecule has 4 aromatic rings. The van der Waals surface area contributed by atoms with Crippen LogP contribution in [0.3, 0.4) is 0 Å². The number of rotatable bonds is 16. The Kier molecular flexibility index (Phi) is 25.3. The first kappa shape index (κ1) is 68.5. The van der Waals surface area contributed by atoms with Gasteiger partial charge in [-0.2, -0.15) is 10.2 Å². The number of carbonyl (C=O) groups is 8.